The molecule has 38 heavy (non-hydrogen) atoms. The number of para-hydroxylation sites is 1. The van der Waals surface area contributed by atoms with Crippen molar-refractivity contribution in [1.82, 2.24) is 4.98 Å². The minimum absolute atomic E-state index is 0.288. The Morgan fingerprint density at radius 2 is 1.55 bits per heavy atom. The van der Waals surface area contributed by atoms with E-state index in [0.29, 0.717) is 39.8 Å². The van der Waals surface area contributed by atoms with Gasteiger partial charge in [-0.1, -0.05) is 18.2 Å². The van der Waals surface area contributed by atoms with Gasteiger partial charge in [0, 0.05) is 47.7 Å². The number of hydrogen-bond donors (Lipinski definition) is 2. The molecule has 0 atom stereocenters. The van der Waals surface area contributed by atoms with Crippen molar-refractivity contribution < 1.29 is 23.7 Å². The number of carbonyl (C=O) groups is 1. The first-order chi connectivity index (χ1) is 18.6. The van der Waals surface area contributed by atoms with Crippen molar-refractivity contribution in [3.8, 4) is 17.2 Å². The molecule has 0 saturated carbocycles. The molecular weight excluding hydrogens is 484 g/mol. The molecule has 1 aromatic heterocycles. The predicted octanol–water partition coefficient (Wildman–Crippen LogP) is 5.09. The molecule has 1 saturated heterocycles. The third kappa shape index (κ3) is 5.28. The second kappa shape index (κ2) is 11.3. The van der Waals surface area contributed by atoms with E-state index < -0.39 is 0 Å². The topological polar surface area (TPSA) is 94.2 Å². The van der Waals surface area contributed by atoms with Crippen molar-refractivity contribution in [2.24, 2.45) is 0 Å². The number of nitrogens with zero attached hydrogens (tertiary/aromatic N) is 2. The number of anilines is 4. The number of ether oxygens (including phenoxy) is 4. The molecule has 9 nitrogen and oxygen atoms in total. The molecule has 1 fully saturated rings. The maximum atomic E-state index is 13.5. The highest BCUT2D eigenvalue weighted by molar-refractivity contribution is 6.13. The lowest BCUT2D eigenvalue weighted by Crippen LogP contribution is -2.36. The molecule has 1 aliphatic heterocycles. The van der Waals surface area contributed by atoms with Crippen molar-refractivity contribution in [3.63, 3.8) is 0 Å². The van der Waals surface area contributed by atoms with Crippen LogP contribution in [0.25, 0.3) is 10.9 Å². The number of methoxy groups -OCH3 is 3. The number of rotatable bonds is 8. The first kappa shape index (κ1) is 25.2. The number of amides is 1. The Balaban J connectivity index is 1.42. The zero-order chi connectivity index (χ0) is 26.5. The third-order valence-electron chi connectivity index (χ3n) is 6.40. The zero-order valence-electron chi connectivity index (χ0n) is 21.6. The van der Waals surface area contributed by atoms with Crippen molar-refractivity contribution in [2.45, 2.75) is 0 Å². The van der Waals surface area contributed by atoms with Gasteiger partial charge in [0.2, 0.25) is 5.75 Å². The molecule has 1 aliphatic rings. The van der Waals surface area contributed by atoms with Gasteiger partial charge in [-0.15, -0.1) is 0 Å². The molecular formula is C29H30N4O5. The minimum atomic E-state index is -0.288. The van der Waals surface area contributed by atoms with Gasteiger partial charge in [-0.3, -0.25) is 4.79 Å². The highest BCUT2D eigenvalue weighted by Gasteiger charge is 2.18. The van der Waals surface area contributed by atoms with Gasteiger partial charge in [0.15, 0.2) is 11.5 Å². The molecule has 5 rings (SSSR count). The number of hydrogen-bond acceptors (Lipinski definition) is 8. The first-order valence-corrected chi connectivity index (χ1v) is 12.3. The highest BCUT2D eigenvalue weighted by atomic mass is 16.5. The van der Waals surface area contributed by atoms with Crippen LogP contribution in [0.3, 0.4) is 0 Å². The fourth-order valence-electron chi connectivity index (χ4n) is 4.50. The summed E-state index contributed by atoms with van der Waals surface area (Å²) < 4.78 is 21.7. The Morgan fingerprint density at radius 3 is 2.21 bits per heavy atom. The molecule has 2 N–H and O–H groups in total. The molecule has 9 heteroatoms. The second-order valence-electron chi connectivity index (χ2n) is 8.71. The largest absolute Gasteiger partial charge is 0.493 e. The SMILES string of the molecule is COc1cc(NC(=O)c2cc(Nc3ccc(N4CCOCC4)cc3)nc3ccccc23)cc(OC)c1OC. The fraction of sp³-hybridized carbons (Fsp3) is 0.241. The summed E-state index contributed by atoms with van der Waals surface area (Å²) in [6.07, 6.45) is 0. The van der Waals surface area contributed by atoms with Crippen LogP contribution in [0.2, 0.25) is 0 Å². The van der Waals surface area contributed by atoms with Crippen LogP contribution in [-0.4, -0.2) is 58.5 Å². The Bertz CT molecular complexity index is 1410. The van der Waals surface area contributed by atoms with Crippen LogP contribution in [-0.2, 0) is 4.74 Å². The number of nitrogens with one attached hydrogen (secondary N) is 2. The van der Waals surface area contributed by atoms with Crippen LogP contribution < -0.4 is 29.7 Å². The maximum absolute atomic E-state index is 13.5. The second-order valence-corrected chi connectivity index (χ2v) is 8.71. The number of morpholine rings is 1. The lowest BCUT2D eigenvalue weighted by Gasteiger charge is -2.28. The molecule has 0 aliphatic carbocycles. The molecule has 0 spiro atoms. The number of fused-ring (bicyclic) bond motifs is 1. The molecule has 196 valence electrons. The molecule has 0 unspecified atom stereocenters. The third-order valence-corrected chi connectivity index (χ3v) is 6.40. The van der Waals surface area contributed by atoms with E-state index in [1.54, 1.807) is 18.2 Å². The Morgan fingerprint density at radius 1 is 0.868 bits per heavy atom. The van der Waals surface area contributed by atoms with Crippen molar-refractivity contribution >= 4 is 39.7 Å². The van der Waals surface area contributed by atoms with Gasteiger partial charge in [0.25, 0.3) is 5.91 Å². The Labute approximate surface area is 221 Å². The average molecular weight is 515 g/mol. The summed E-state index contributed by atoms with van der Waals surface area (Å²) in [5.74, 6) is 1.63. The lowest BCUT2D eigenvalue weighted by atomic mass is 10.1. The van der Waals surface area contributed by atoms with E-state index in [1.165, 1.54) is 21.3 Å². The number of carbonyl (C=O) groups excluding carboxylic acids is 1. The summed E-state index contributed by atoms with van der Waals surface area (Å²) in [5, 5.41) is 7.05. The van der Waals surface area contributed by atoms with Crippen LogP contribution in [0.4, 0.5) is 22.9 Å². The minimum Gasteiger partial charge on any atom is -0.493 e. The average Bonchev–Trinajstić information content (AvgIpc) is 2.97. The summed E-state index contributed by atoms with van der Waals surface area (Å²) in [6, 6.07) is 20.9. The van der Waals surface area contributed by atoms with Crippen LogP contribution in [0.1, 0.15) is 10.4 Å². The molecule has 0 bridgehead atoms. The molecule has 0 radical (unpaired) electrons. The molecule has 3 aromatic carbocycles. The first-order valence-electron chi connectivity index (χ1n) is 12.3. The van der Waals surface area contributed by atoms with E-state index in [1.807, 2.05) is 36.4 Å². The highest BCUT2D eigenvalue weighted by Crippen LogP contribution is 2.40. The number of pyridine rings is 1. The van der Waals surface area contributed by atoms with E-state index in [2.05, 4.69) is 27.7 Å². The van der Waals surface area contributed by atoms with Gasteiger partial charge in [0.1, 0.15) is 5.82 Å². The smallest absolute Gasteiger partial charge is 0.256 e. The Hall–Kier alpha value is -4.50. The summed E-state index contributed by atoms with van der Waals surface area (Å²) in [4.78, 5) is 20.5. The summed E-state index contributed by atoms with van der Waals surface area (Å²) in [7, 11) is 4.60. The van der Waals surface area contributed by atoms with Crippen LogP contribution in [0.15, 0.2) is 66.7 Å². The normalized spacial score (nSPS) is 13.2. The van der Waals surface area contributed by atoms with Gasteiger partial charge in [-0.05, 0) is 36.4 Å². The summed E-state index contributed by atoms with van der Waals surface area (Å²) >= 11 is 0. The van der Waals surface area contributed by atoms with Gasteiger partial charge < -0.3 is 34.5 Å². The number of aromatic nitrogens is 1. The zero-order valence-corrected chi connectivity index (χ0v) is 21.6. The van der Waals surface area contributed by atoms with Crippen molar-refractivity contribution in [2.75, 3.05) is 63.2 Å². The van der Waals surface area contributed by atoms with Crippen molar-refractivity contribution in [3.05, 3.63) is 72.3 Å². The maximum Gasteiger partial charge on any atom is 0.256 e. The van der Waals surface area contributed by atoms with E-state index >= 15 is 0 Å². The fourth-order valence-corrected chi connectivity index (χ4v) is 4.50. The van der Waals surface area contributed by atoms with Crippen LogP contribution >= 0.6 is 0 Å². The van der Waals surface area contributed by atoms with E-state index in [0.717, 1.165) is 43.1 Å². The predicted molar refractivity (Wildman–Crippen MR) is 149 cm³/mol. The van der Waals surface area contributed by atoms with E-state index in [9.17, 15) is 4.79 Å². The lowest BCUT2D eigenvalue weighted by molar-refractivity contribution is 0.102. The molecule has 4 aromatic rings. The van der Waals surface area contributed by atoms with Gasteiger partial charge in [-0.25, -0.2) is 4.98 Å². The summed E-state index contributed by atoms with van der Waals surface area (Å²) in [6.45, 7) is 3.23. The standard InChI is InChI=1S/C29H30N4O5/c1-35-25-16-20(17-26(36-2)28(25)37-3)31-29(34)23-18-27(32-24-7-5-4-6-22(23)24)30-19-8-10-21(11-9-19)33-12-14-38-15-13-33/h4-11,16-18H,12-15H2,1-3H3,(H,30,32)(H,31,34). The van der Waals surface area contributed by atoms with Crippen molar-refractivity contribution in [1.29, 1.82) is 0 Å². The summed E-state index contributed by atoms with van der Waals surface area (Å²) in [5.41, 5.74) is 3.73. The van der Waals surface area contributed by atoms with Gasteiger partial charge >= 0.3 is 0 Å². The number of benzene rings is 3. The van der Waals surface area contributed by atoms with Gasteiger partial charge in [-0.2, -0.15) is 0 Å². The Kier molecular flexibility index (Phi) is 7.46. The van der Waals surface area contributed by atoms with E-state index in [4.69, 9.17) is 23.9 Å². The van der Waals surface area contributed by atoms with E-state index in [-0.39, 0.29) is 5.91 Å². The van der Waals surface area contributed by atoms with Gasteiger partial charge in [0.05, 0.1) is 45.6 Å². The van der Waals surface area contributed by atoms with Crippen LogP contribution in [0, 0.1) is 0 Å². The molecule has 2 heterocycles. The van der Waals surface area contributed by atoms with Crippen LogP contribution in [0.5, 0.6) is 17.2 Å². The molecule has 1 amide bonds. The monoisotopic (exact) mass is 514 g/mol. The quantitative estimate of drug-likeness (QED) is 0.336.